The van der Waals surface area contributed by atoms with Crippen molar-refractivity contribution >= 4 is 23.8 Å². The highest BCUT2D eigenvalue weighted by atomic mass is 16.7. The van der Waals surface area contributed by atoms with E-state index in [1.165, 1.54) is 0 Å². The van der Waals surface area contributed by atoms with Gasteiger partial charge in [-0.2, -0.15) is 0 Å². The van der Waals surface area contributed by atoms with E-state index in [-0.39, 0.29) is 38.9 Å². The smallest absolute Gasteiger partial charge is 0.333 e. The normalized spacial score (nSPS) is 14.6. The Morgan fingerprint density at radius 2 is 1.65 bits per heavy atom. The lowest BCUT2D eigenvalue weighted by atomic mass is 10.3. The number of aliphatic hydroxyl groups excluding tert-OH is 1. The van der Waals surface area contributed by atoms with E-state index in [1.54, 1.807) is 0 Å². The van der Waals surface area contributed by atoms with E-state index >= 15 is 0 Å². The van der Waals surface area contributed by atoms with Crippen molar-refractivity contribution in [1.82, 2.24) is 5.06 Å². The average molecular weight is 287 g/mol. The fourth-order valence-corrected chi connectivity index (χ4v) is 1.48. The minimum Gasteiger partial charge on any atom is -0.466 e. The fraction of sp³-hybridized carbons (Fsp3) is 0.667. The predicted octanol–water partition coefficient (Wildman–Crippen LogP) is -0.311. The Bertz CT molecular complexity index is 377. The molecular weight excluding hydrogens is 270 g/mol. The second-order valence-electron chi connectivity index (χ2n) is 4.20. The van der Waals surface area contributed by atoms with E-state index in [9.17, 15) is 19.2 Å². The van der Waals surface area contributed by atoms with Gasteiger partial charge in [0, 0.05) is 19.4 Å². The van der Waals surface area contributed by atoms with Gasteiger partial charge in [-0.1, -0.05) is 0 Å². The number of ether oxygens (including phenoxy) is 1. The molecule has 0 atom stereocenters. The first kappa shape index (κ1) is 16.1. The van der Waals surface area contributed by atoms with Crippen molar-refractivity contribution in [3.8, 4) is 0 Å². The van der Waals surface area contributed by atoms with Crippen LogP contribution < -0.4 is 0 Å². The van der Waals surface area contributed by atoms with Gasteiger partial charge in [-0.05, 0) is 12.8 Å². The van der Waals surface area contributed by atoms with Crippen molar-refractivity contribution in [2.75, 3.05) is 13.2 Å². The van der Waals surface area contributed by atoms with Crippen LogP contribution in [0.1, 0.15) is 38.5 Å². The minimum atomic E-state index is -0.832. The molecule has 0 bridgehead atoms. The molecular formula is C12H17NO7. The van der Waals surface area contributed by atoms with Crippen LogP contribution in [0.4, 0.5) is 0 Å². The van der Waals surface area contributed by atoms with Crippen molar-refractivity contribution in [2.45, 2.75) is 38.5 Å². The van der Waals surface area contributed by atoms with Gasteiger partial charge in [0.1, 0.15) is 0 Å². The Balaban J connectivity index is 2.18. The summed E-state index contributed by atoms with van der Waals surface area (Å²) in [6.45, 7) is 0.208. The summed E-state index contributed by atoms with van der Waals surface area (Å²) in [6.07, 6.45) is 0.681. The molecule has 0 aromatic rings. The molecule has 2 amide bonds. The lowest BCUT2D eigenvalue weighted by Gasteiger charge is -2.12. The summed E-state index contributed by atoms with van der Waals surface area (Å²) in [7, 11) is 0. The van der Waals surface area contributed by atoms with Gasteiger partial charge in [0.25, 0.3) is 11.8 Å². The van der Waals surface area contributed by atoms with E-state index < -0.39 is 23.8 Å². The molecule has 8 heteroatoms. The van der Waals surface area contributed by atoms with E-state index in [0.717, 1.165) is 0 Å². The number of amides is 2. The molecule has 1 rings (SSSR count). The zero-order chi connectivity index (χ0) is 15.0. The fourth-order valence-electron chi connectivity index (χ4n) is 1.48. The summed E-state index contributed by atoms with van der Waals surface area (Å²) in [5, 5.41) is 8.96. The first-order valence-electron chi connectivity index (χ1n) is 6.37. The SMILES string of the molecule is O=C(CCC(=O)ON1C(=O)CCC1=O)OCCCCO. The van der Waals surface area contributed by atoms with Crippen LogP contribution in [0.15, 0.2) is 0 Å². The molecule has 1 N–H and O–H groups in total. The summed E-state index contributed by atoms with van der Waals surface area (Å²) < 4.78 is 4.80. The van der Waals surface area contributed by atoms with Crippen molar-refractivity contribution in [1.29, 1.82) is 0 Å². The molecule has 1 saturated heterocycles. The minimum absolute atomic E-state index is 0.0268. The summed E-state index contributed by atoms with van der Waals surface area (Å²) in [5.74, 6) is -2.52. The zero-order valence-electron chi connectivity index (χ0n) is 11.0. The van der Waals surface area contributed by atoms with E-state index in [1.807, 2.05) is 0 Å². The molecule has 0 radical (unpaired) electrons. The van der Waals surface area contributed by atoms with Crippen LogP contribution in [-0.4, -0.2) is 47.1 Å². The maximum atomic E-state index is 11.4. The molecule has 0 unspecified atom stereocenters. The molecule has 8 nitrogen and oxygen atoms in total. The molecule has 0 aromatic carbocycles. The first-order valence-corrected chi connectivity index (χ1v) is 6.37. The molecule has 112 valence electrons. The molecule has 0 spiro atoms. The molecule has 0 aliphatic carbocycles. The van der Waals surface area contributed by atoms with Crippen molar-refractivity contribution in [3.63, 3.8) is 0 Å². The first-order chi connectivity index (χ1) is 9.54. The maximum Gasteiger partial charge on any atom is 0.333 e. The van der Waals surface area contributed by atoms with Crippen LogP contribution >= 0.6 is 0 Å². The van der Waals surface area contributed by atoms with Gasteiger partial charge >= 0.3 is 11.9 Å². The molecule has 1 fully saturated rings. The molecule has 1 heterocycles. The Labute approximate surface area is 115 Å². The van der Waals surface area contributed by atoms with Crippen LogP contribution in [0, 0.1) is 0 Å². The molecule has 0 aromatic heterocycles. The number of aliphatic hydroxyl groups is 1. The van der Waals surface area contributed by atoms with Crippen molar-refractivity contribution in [2.24, 2.45) is 0 Å². The summed E-state index contributed by atoms with van der Waals surface area (Å²) in [4.78, 5) is 49.5. The number of hydrogen-bond acceptors (Lipinski definition) is 7. The number of nitrogens with zero attached hydrogens (tertiary/aromatic N) is 1. The Kier molecular flexibility index (Phi) is 6.65. The van der Waals surface area contributed by atoms with Crippen LogP contribution in [-0.2, 0) is 28.8 Å². The number of carbonyl (C=O) groups is 4. The number of rotatable bonds is 8. The molecule has 0 saturated carbocycles. The predicted molar refractivity (Wildman–Crippen MR) is 63.7 cm³/mol. The highest BCUT2D eigenvalue weighted by Crippen LogP contribution is 2.13. The third-order valence-electron chi connectivity index (χ3n) is 2.55. The van der Waals surface area contributed by atoms with Gasteiger partial charge < -0.3 is 14.7 Å². The van der Waals surface area contributed by atoms with Gasteiger partial charge in [0.15, 0.2) is 0 Å². The Morgan fingerprint density at radius 1 is 1.05 bits per heavy atom. The van der Waals surface area contributed by atoms with Crippen LogP contribution in [0.5, 0.6) is 0 Å². The Morgan fingerprint density at radius 3 is 2.25 bits per heavy atom. The number of unbranched alkanes of at least 4 members (excludes halogenated alkanes) is 1. The third kappa shape index (κ3) is 5.35. The maximum absolute atomic E-state index is 11.4. The number of carbonyl (C=O) groups excluding carboxylic acids is 4. The van der Waals surface area contributed by atoms with Gasteiger partial charge in [-0.3, -0.25) is 14.4 Å². The number of hydroxylamine groups is 2. The number of esters is 1. The topological polar surface area (TPSA) is 110 Å². The van der Waals surface area contributed by atoms with E-state index in [2.05, 4.69) is 4.84 Å². The Hall–Kier alpha value is -1.96. The highest BCUT2D eigenvalue weighted by molar-refractivity contribution is 6.01. The van der Waals surface area contributed by atoms with Gasteiger partial charge in [0.2, 0.25) is 0 Å². The van der Waals surface area contributed by atoms with E-state index in [4.69, 9.17) is 9.84 Å². The van der Waals surface area contributed by atoms with Gasteiger partial charge in [-0.25, -0.2) is 4.79 Å². The largest absolute Gasteiger partial charge is 0.466 e. The summed E-state index contributed by atoms with van der Waals surface area (Å²) in [5.41, 5.74) is 0. The number of hydrogen-bond donors (Lipinski definition) is 1. The van der Waals surface area contributed by atoms with Gasteiger partial charge in [-0.15, -0.1) is 5.06 Å². The standard InChI is InChI=1S/C12H17NO7/c14-7-1-2-8-19-11(17)5-6-12(18)20-13-9(15)3-4-10(13)16/h14H,1-8H2. The molecule has 20 heavy (non-hydrogen) atoms. The van der Waals surface area contributed by atoms with Crippen molar-refractivity contribution < 1.29 is 33.9 Å². The second-order valence-corrected chi connectivity index (χ2v) is 4.20. The second kappa shape index (κ2) is 8.26. The summed E-state index contributed by atoms with van der Waals surface area (Å²) >= 11 is 0. The highest BCUT2D eigenvalue weighted by Gasteiger charge is 2.32. The molecule has 1 aliphatic rings. The van der Waals surface area contributed by atoms with Crippen LogP contribution in [0.3, 0.4) is 0 Å². The third-order valence-corrected chi connectivity index (χ3v) is 2.55. The van der Waals surface area contributed by atoms with E-state index in [0.29, 0.717) is 17.9 Å². The summed E-state index contributed by atoms with van der Waals surface area (Å²) in [6, 6.07) is 0. The van der Waals surface area contributed by atoms with Crippen LogP contribution in [0.2, 0.25) is 0 Å². The van der Waals surface area contributed by atoms with Gasteiger partial charge in [0.05, 0.1) is 19.4 Å². The van der Waals surface area contributed by atoms with Crippen LogP contribution in [0.25, 0.3) is 0 Å². The van der Waals surface area contributed by atoms with Crippen molar-refractivity contribution in [3.05, 3.63) is 0 Å². The quantitative estimate of drug-likeness (QED) is 0.370. The monoisotopic (exact) mass is 287 g/mol. The number of imide groups is 1. The lowest BCUT2D eigenvalue weighted by molar-refractivity contribution is -0.197. The lowest BCUT2D eigenvalue weighted by Crippen LogP contribution is -2.32. The zero-order valence-corrected chi connectivity index (χ0v) is 11.0. The average Bonchev–Trinajstić information content (AvgIpc) is 2.73. The molecule has 1 aliphatic heterocycles.